The summed E-state index contributed by atoms with van der Waals surface area (Å²) in [7, 11) is 0. The maximum atomic E-state index is 15.0. The van der Waals surface area contributed by atoms with Crippen molar-refractivity contribution in [2.24, 2.45) is 0 Å². The lowest BCUT2D eigenvalue weighted by molar-refractivity contribution is 0.474. The van der Waals surface area contributed by atoms with E-state index in [1.54, 1.807) is 6.07 Å². The first kappa shape index (κ1) is 29.3. The first-order chi connectivity index (χ1) is 23.0. The molecule has 5 heteroatoms. The van der Waals surface area contributed by atoms with Gasteiger partial charge in [-0.2, -0.15) is 0 Å². The molecule has 2 aromatic heterocycles. The monoisotopic (exact) mass is 635 g/mol. The molecule has 0 aliphatic rings. The quantitative estimate of drug-likeness (QED) is 0.190. The number of aromatic nitrogens is 2. The molecule has 0 atom stereocenters. The molecule has 0 aliphatic heterocycles. The Morgan fingerprint density at radius 1 is 0.723 bits per heavy atom. The van der Waals surface area contributed by atoms with Crippen molar-refractivity contribution in [2.45, 2.75) is 39.0 Å². The van der Waals surface area contributed by atoms with Crippen molar-refractivity contribution in [3.63, 3.8) is 0 Å². The van der Waals surface area contributed by atoms with E-state index in [9.17, 15) is 9.50 Å². The minimum Gasteiger partial charge on any atom is -0.507 e. The number of hydrogen-bond donors (Lipinski definition) is 1. The van der Waals surface area contributed by atoms with Crippen molar-refractivity contribution < 1.29 is 10.9 Å². The second-order valence-electron chi connectivity index (χ2n) is 12.6. The third-order valence-electron chi connectivity index (χ3n) is 8.92. The van der Waals surface area contributed by atoms with Crippen LogP contribution < -0.4 is 0 Å². The number of para-hydroxylation sites is 1. The topological polar surface area (TPSA) is 46.0 Å². The molecule has 0 fully saturated rings. The van der Waals surface area contributed by atoms with Crippen LogP contribution in [0.15, 0.2) is 128 Å². The molecule has 1 N–H and O–H groups in total. The van der Waals surface area contributed by atoms with Crippen molar-refractivity contribution >= 4 is 21.6 Å². The lowest BCUT2D eigenvalue weighted by atomic mass is 9.78. The zero-order valence-electron chi connectivity index (χ0n) is 27.8. The normalized spacial score (nSPS) is 12.3. The Labute approximate surface area is 280 Å². The minimum absolute atomic E-state index is 0.189. The molecule has 47 heavy (non-hydrogen) atoms. The van der Waals surface area contributed by atoms with Gasteiger partial charge in [0.25, 0.3) is 0 Å². The maximum absolute atomic E-state index is 15.0. The molecule has 3 nitrogen and oxygen atoms in total. The molecule has 5 aromatic carbocycles. The lowest BCUT2D eigenvalue weighted by Crippen LogP contribution is -2.18. The largest absolute Gasteiger partial charge is 0.507 e. The molecule has 0 amide bonds. The van der Waals surface area contributed by atoms with Crippen molar-refractivity contribution in [1.29, 1.82) is 0 Å². The van der Waals surface area contributed by atoms with E-state index in [1.165, 1.54) is 23.1 Å². The van der Waals surface area contributed by atoms with Crippen LogP contribution in [-0.4, -0.2) is 15.1 Å². The molecule has 0 saturated heterocycles. The summed E-state index contributed by atoms with van der Waals surface area (Å²) >= 11 is 1.53. The Morgan fingerprint density at radius 3 is 2.17 bits per heavy atom. The summed E-state index contributed by atoms with van der Waals surface area (Å²) in [6.45, 7) is 8.03. The number of pyridine rings is 1. The lowest BCUT2D eigenvalue weighted by Gasteiger charge is -2.26. The summed E-state index contributed by atoms with van der Waals surface area (Å²) in [6.07, 6.45) is 1.27. The number of fused-ring (bicyclic) bond motifs is 1. The van der Waals surface area contributed by atoms with Crippen LogP contribution in [0.25, 0.3) is 54.3 Å². The van der Waals surface area contributed by atoms with Crippen molar-refractivity contribution in [1.82, 2.24) is 9.97 Å². The third-order valence-corrected chi connectivity index (χ3v) is 9.98. The predicted octanol–water partition coefficient (Wildman–Crippen LogP) is 11.7. The molecule has 0 saturated carbocycles. The number of nitrogens with zero attached hydrogens (tertiary/aromatic N) is 2. The van der Waals surface area contributed by atoms with Crippen LogP contribution in [0.3, 0.4) is 0 Å². The van der Waals surface area contributed by atoms with E-state index >= 15 is 0 Å². The molecule has 232 valence electrons. The molecule has 0 spiro atoms. The number of rotatable bonds is 7. The Morgan fingerprint density at radius 2 is 1.45 bits per heavy atom. The van der Waals surface area contributed by atoms with Gasteiger partial charge < -0.3 is 5.11 Å². The molecule has 7 aromatic rings. The van der Waals surface area contributed by atoms with E-state index in [2.05, 4.69) is 37.0 Å². The number of phenolic OH excluding ortho intramolecular Hbond substituents is 1. The minimum atomic E-state index is -0.894. The van der Waals surface area contributed by atoms with E-state index in [0.29, 0.717) is 16.8 Å². The van der Waals surface area contributed by atoms with Crippen LogP contribution in [0.4, 0.5) is 4.39 Å². The zero-order chi connectivity index (χ0) is 33.6. The number of hydrogen-bond acceptors (Lipinski definition) is 4. The number of halogens is 1. The number of benzene rings is 5. The zero-order valence-corrected chi connectivity index (χ0v) is 27.6. The SMILES string of the molecule is [2H]C(C)(C)c1cc(-c2cc(-c3ccccc3)c(F)cn2)cc(-c2cccc3sc(-c4ccc(C(C)(C)c5ccccc5)cc4O)nc23)c1. The first-order valence-corrected chi connectivity index (χ1v) is 16.5. The van der Waals surface area contributed by atoms with Gasteiger partial charge in [0.1, 0.15) is 16.6 Å². The summed E-state index contributed by atoms with van der Waals surface area (Å²) in [5.74, 6) is -1.09. The molecule has 0 aliphatic carbocycles. The van der Waals surface area contributed by atoms with Crippen LogP contribution in [0.2, 0.25) is 0 Å². The fraction of sp³-hybridized carbons (Fsp3) is 0.143. The Balaban J connectivity index is 1.32. The van der Waals surface area contributed by atoms with Gasteiger partial charge in [0.05, 0.1) is 27.7 Å². The average Bonchev–Trinajstić information content (AvgIpc) is 3.53. The molecular weight excluding hydrogens is 600 g/mol. The van der Waals surface area contributed by atoms with Crippen molar-refractivity contribution in [3.05, 3.63) is 150 Å². The number of phenols is 1. The van der Waals surface area contributed by atoms with Crippen molar-refractivity contribution in [3.8, 4) is 49.8 Å². The Hall–Kier alpha value is -5.13. The number of aromatic hydroxyl groups is 1. The highest BCUT2D eigenvalue weighted by Crippen LogP contribution is 2.42. The van der Waals surface area contributed by atoms with Crippen LogP contribution in [0.1, 0.15) is 51.7 Å². The van der Waals surface area contributed by atoms with E-state index in [4.69, 9.17) is 6.35 Å². The molecule has 0 unspecified atom stereocenters. The summed E-state index contributed by atoms with van der Waals surface area (Å²) < 4.78 is 24.9. The van der Waals surface area contributed by atoms with Gasteiger partial charge in [-0.1, -0.05) is 113 Å². The van der Waals surface area contributed by atoms with Crippen LogP contribution >= 0.6 is 11.3 Å². The van der Waals surface area contributed by atoms with Crippen LogP contribution in [0.5, 0.6) is 5.75 Å². The molecule has 2 heterocycles. The third kappa shape index (κ3) is 5.84. The van der Waals surface area contributed by atoms with Crippen LogP contribution in [-0.2, 0) is 5.41 Å². The highest BCUT2D eigenvalue weighted by atomic mass is 32.1. The summed E-state index contributed by atoms with van der Waals surface area (Å²) in [5, 5.41) is 12.0. The van der Waals surface area contributed by atoms with Gasteiger partial charge in [-0.25, -0.2) is 9.37 Å². The fourth-order valence-electron chi connectivity index (χ4n) is 6.07. The standard InChI is InChI=1S/C42H35FN2OS/c1-26(2)28-20-29(22-30(21-28)37-24-35(36(43)25-44-37)27-12-7-5-8-13-27)33-16-11-17-39-40(33)45-41(47-39)34-19-18-32(23-38(34)46)42(3,4)31-14-9-6-10-15-31/h5-26,46H,1-4H3/i26D. The van der Waals surface area contributed by atoms with Gasteiger partial charge in [0, 0.05) is 23.5 Å². The first-order valence-electron chi connectivity index (χ1n) is 16.2. The highest BCUT2D eigenvalue weighted by Gasteiger charge is 2.25. The smallest absolute Gasteiger partial charge is 0.149 e. The fourth-order valence-corrected chi connectivity index (χ4v) is 7.10. The maximum Gasteiger partial charge on any atom is 0.149 e. The average molecular weight is 636 g/mol. The van der Waals surface area contributed by atoms with E-state index in [1.807, 2.05) is 111 Å². The summed E-state index contributed by atoms with van der Waals surface area (Å²) in [6, 6.07) is 39.5. The van der Waals surface area contributed by atoms with Crippen LogP contribution in [0, 0.1) is 5.82 Å². The summed E-state index contributed by atoms with van der Waals surface area (Å²) in [4.78, 5) is 9.55. The molecule has 0 bridgehead atoms. The molecule has 0 radical (unpaired) electrons. The van der Waals surface area contributed by atoms with Gasteiger partial charge in [0.2, 0.25) is 0 Å². The van der Waals surface area contributed by atoms with E-state index in [0.717, 1.165) is 48.6 Å². The van der Waals surface area contributed by atoms with Gasteiger partial charge in [-0.05, 0) is 70.1 Å². The van der Waals surface area contributed by atoms with Gasteiger partial charge in [-0.3, -0.25) is 4.98 Å². The van der Waals surface area contributed by atoms with E-state index in [-0.39, 0.29) is 17.0 Å². The van der Waals surface area contributed by atoms with Gasteiger partial charge in [-0.15, -0.1) is 11.3 Å². The Kier molecular flexibility index (Phi) is 7.62. The van der Waals surface area contributed by atoms with E-state index < -0.39 is 5.89 Å². The Bertz CT molecular complexity index is 2270. The summed E-state index contributed by atoms with van der Waals surface area (Å²) in [5.41, 5.74) is 8.67. The van der Waals surface area contributed by atoms with Crippen molar-refractivity contribution in [2.75, 3.05) is 0 Å². The van der Waals surface area contributed by atoms with Gasteiger partial charge in [0.15, 0.2) is 0 Å². The number of thiazole rings is 1. The van der Waals surface area contributed by atoms with Gasteiger partial charge >= 0.3 is 0 Å². The molecular formula is C42H35FN2OS. The highest BCUT2D eigenvalue weighted by molar-refractivity contribution is 7.21. The predicted molar refractivity (Wildman–Crippen MR) is 193 cm³/mol. The second-order valence-corrected chi connectivity index (χ2v) is 13.6. The molecule has 7 rings (SSSR count). The second kappa shape index (κ2) is 12.2.